The van der Waals surface area contributed by atoms with Crippen molar-refractivity contribution in [3.8, 4) is 5.69 Å². The predicted octanol–water partition coefficient (Wildman–Crippen LogP) is 3.16. The molecule has 0 amide bonds. The minimum absolute atomic E-state index is 0.353. The van der Waals surface area contributed by atoms with Crippen molar-refractivity contribution in [2.75, 3.05) is 13.1 Å². The molecule has 1 aliphatic heterocycles. The summed E-state index contributed by atoms with van der Waals surface area (Å²) >= 11 is 0. The summed E-state index contributed by atoms with van der Waals surface area (Å²) in [5, 5.41) is 7.30. The number of aromatic nitrogens is 2. The van der Waals surface area contributed by atoms with E-state index in [1.807, 2.05) is 17.1 Å². The fraction of sp³-hybridized carbons (Fsp3) is 0.286. The molecule has 4 rings (SSSR count). The van der Waals surface area contributed by atoms with Gasteiger partial charge in [-0.15, -0.1) is 0 Å². The minimum Gasteiger partial charge on any atom is -0.315 e. The first-order valence-electron chi connectivity index (χ1n) is 8.91. The molecule has 4 nitrogen and oxygen atoms in total. The normalized spacial score (nSPS) is 17.1. The molecule has 1 aliphatic rings. The van der Waals surface area contributed by atoms with Crippen LogP contribution in [0, 0.1) is 6.92 Å². The number of aryl methyl sites for hydroxylation is 1. The Morgan fingerprint density at radius 3 is 3.00 bits per heavy atom. The molecule has 1 atom stereocenters. The van der Waals surface area contributed by atoms with Gasteiger partial charge in [0.2, 0.25) is 0 Å². The lowest BCUT2D eigenvalue weighted by molar-refractivity contribution is 0.503. The van der Waals surface area contributed by atoms with Crippen molar-refractivity contribution in [3.63, 3.8) is 0 Å². The summed E-state index contributed by atoms with van der Waals surface area (Å²) in [6, 6.07) is 15.7. The Morgan fingerprint density at radius 1 is 1.24 bits per heavy atom. The Bertz CT molecular complexity index is 839. The first-order valence-corrected chi connectivity index (χ1v) is 8.91. The molecule has 25 heavy (non-hydrogen) atoms. The summed E-state index contributed by atoms with van der Waals surface area (Å²) in [6.45, 7) is 5.07. The van der Waals surface area contributed by atoms with Crippen LogP contribution in [0.1, 0.15) is 28.3 Å². The second-order valence-corrected chi connectivity index (χ2v) is 6.67. The second-order valence-electron chi connectivity index (χ2n) is 6.67. The van der Waals surface area contributed by atoms with Gasteiger partial charge in [-0.25, -0.2) is 4.98 Å². The zero-order valence-corrected chi connectivity index (χ0v) is 14.6. The first kappa shape index (κ1) is 16.1. The van der Waals surface area contributed by atoms with E-state index in [0.29, 0.717) is 6.04 Å². The Hall–Kier alpha value is -2.43. The third-order valence-corrected chi connectivity index (χ3v) is 5.02. The molecule has 2 N–H and O–H groups in total. The molecule has 0 saturated heterocycles. The van der Waals surface area contributed by atoms with Gasteiger partial charge < -0.3 is 15.2 Å². The third kappa shape index (κ3) is 3.50. The first-order chi connectivity index (χ1) is 12.3. The highest BCUT2D eigenvalue weighted by atomic mass is 15.0. The molecule has 0 saturated carbocycles. The lowest BCUT2D eigenvalue weighted by Crippen LogP contribution is -2.30. The maximum absolute atomic E-state index is 4.12. The molecule has 0 radical (unpaired) electrons. The van der Waals surface area contributed by atoms with E-state index < -0.39 is 0 Å². The average molecular weight is 332 g/mol. The predicted molar refractivity (Wildman–Crippen MR) is 101 cm³/mol. The number of nitrogens with one attached hydrogen (secondary N) is 2. The maximum Gasteiger partial charge on any atom is 0.0991 e. The highest BCUT2D eigenvalue weighted by molar-refractivity contribution is 5.40. The van der Waals surface area contributed by atoms with Crippen LogP contribution in [0.5, 0.6) is 0 Å². The van der Waals surface area contributed by atoms with Gasteiger partial charge in [-0.05, 0) is 54.3 Å². The Kier molecular flexibility index (Phi) is 4.63. The van der Waals surface area contributed by atoms with Gasteiger partial charge in [0.05, 0.1) is 6.33 Å². The third-order valence-electron chi connectivity index (χ3n) is 5.02. The molecule has 0 bridgehead atoms. The molecule has 128 valence electrons. The van der Waals surface area contributed by atoms with Crippen LogP contribution in [0.4, 0.5) is 0 Å². The van der Waals surface area contributed by atoms with E-state index in [4.69, 9.17) is 0 Å². The molecule has 1 unspecified atom stereocenters. The number of rotatable bonds is 4. The van der Waals surface area contributed by atoms with E-state index in [1.165, 1.54) is 22.3 Å². The maximum atomic E-state index is 4.12. The molecule has 3 aromatic rings. The lowest BCUT2D eigenvalue weighted by atomic mass is 9.99. The topological polar surface area (TPSA) is 41.9 Å². The van der Waals surface area contributed by atoms with Crippen molar-refractivity contribution in [2.24, 2.45) is 0 Å². The number of imidazole rings is 1. The van der Waals surface area contributed by atoms with Gasteiger partial charge in [0.25, 0.3) is 0 Å². The summed E-state index contributed by atoms with van der Waals surface area (Å²) in [5.41, 5.74) is 6.68. The van der Waals surface area contributed by atoms with Crippen molar-refractivity contribution in [3.05, 3.63) is 83.4 Å². The van der Waals surface area contributed by atoms with Crippen LogP contribution in [-0.4, -0.2) is 22.6 Å². The largest absolute Gasteiger partial charge is 0.315 e. The number of nitrogens with zero attached hydrogens (tertiary/aromatic N) is 2. The molecule has 1 aromatic heterocycles. The summed E-state index contributed by atoms with van der Waals surface area (Å²) < 4.78 is 2.04. The van der Waals surface area contributed by atoms with Crippen molar-refractivity contribution in [1.82, 2.24) is 20.2 Å². The van der Waals surface area contributed by atoms with E-state index in [1.54, 1.807) is 6.20 Å². The van der Waals surface area contributed by atoms with Crippen LogP contribution < -0.4 is 10.6 Å². The van der Waals surface area contributed by atoms with Crippen LogP contribution in [0.15, 0.2) is 61.2 Å². The van der Waals surface area contributed by atoms with Gasteiger partial charge >= 0.3 is 0 Å². The Balaban J connectivity index is 1.50. The van der Waals surface area contributed by atoms with E-state index in [9.17, 15) is 0 Å². The molecule has 4 heteroatoms. The molecule has 2 aromatic carbocycles. The molecular formula is C21H24N4. The lowest BCUT2D eigenvalue weighted by Gasteiger charge is -2.20. The number of hydrogen-bond donors (Lipinski definition) is 2. The quantitative estimate of drug-likeness (QED) is 0.771. The zero-order chi connectivity index (χ0) is 17.1. The molecule has 2 heterocycles. The Morgan fingerprint density at radius 2 is 2.16 bits per heavy atom. The summed E-state index contributed by atoms with van der Waals surface area (Å²) in [5.74, 6) is 0. The van der Waals surface area contributed by atoms with Crippen molar-refractivity contribution in [1.29, 1.82) is 0 Å². The monoisotopic (exact) mass is 332 g/mol. The average Bonchev–Trinajstić information content (AvgIpc) is 3.09. The van der Waals surface area contributed by atoms with Crippen LogP contribution >= 0.6 is 0 Å². The highest BCUT2D eigenvalue weighted by Crippen LogP contribution is 2.22. The van der Waals surface area contributed by atoms with E-state index in [-0.39, 0.29) is 0 Å². The molecule has 0 aliphatic carbocycles. The SMILES string of the molecule is Cc1cc(-n2ccnc2)ccc1CNC1CNCCc2ccccc21. The van der Waals surface area contributed by atoms with Crippen molar-refractivity contribution in [2.45, 2.75) is 25.9 Å². The van der Waals surface area contributed by atoms with Crippen LogP contribution in [-0.2, 0) is 13.0 Å². The smallest absolute Gasteiger partial charge is 0.0991 e. The van der Waals surface area contributed by atoms with Crippen LogP contribution in [0.3, 0.4) is 0 Å². The molecular weight excluding hydrogens is 308 g/mol. The number of benzene rings is 2. The Labute approximate surface area is 148 Å². The fourth-order valence-corrected chi connectivity index (χ4v) is 3.55. The van der Waals surface area contributed by atoms with Gasteiger partial charge in [-0.2, -0.15) is 0 Å². The van der Waals surface area contributed by atoms with Crippen molar-refractivity contribution >= 4 is 0 Å². The minimum atomic E-state index is 0.353. The van der Waals surface area contributed by atoms with E-state index in [2.05, 4.69) is 65.0 Å². The van der Waals surface area contributed by atoms with Gasteiger partial charge in [0, 0.05) is 37.2 Å². The number of hydrogen-bond acceptors (Lipinski definition) is 3. The summed E-state index contributed by atoms with van der Waals surface area (Å²) in [7, 11) is 0. The number of fused-ring (bicyclic) bond motifs is 1. The van der Waals surface area contributed by atoms with Gasteiger partial charge in [0.1, 0.15) is 0 Å². The highest BCUT2D eigenvalue weighted by Gasteiger charge is 2.17. The van der Waals surface area contributed by atoms with Crippen molar-refractivity contribution < 1.29 is 0 Å². The second kappa shape index (κ2) is 7.21. The molecule has 0 fully saturated rings. The van der Waals surface area contributed by atoms with Gasteiger partial charge in [-0.3, -0.25) is 0 Å². The van der Waals surface area contributed by atoms with E-state index in [0.717, 1.165) is 31.7 Å². The fourth-order valence-electron chi connectivity index (χ4n) is 3.55. The van der Waals surface area contributed by atoms with E-state index >= 15 is 0 Å². The van der Waals surface area contributed by atoms with Crippen LogP contribution in [0.25, 0.3) is 5.69 Å². The van der Waals surface area contributed by atoms with Crippen LogP contribution in [0.2, 0.25) is 0 Å². The van der Waals surface area contributed by atoms with Gasteiger partial charge in [-0.1, -0.05) is 30.3 Å². The summed E-state index contributed by atoms with van der Waals surface area (Å²) in [6.07, 6.45) is 6.72. The summed E-state index contributed by atoms with van der Waals surface area (Å²) in [4.78, 5) is 4.12. The van der Waals surface area contributed by atoms with Gasteiger partial charge in [0.15, 0.2) is 0 Å². The zero-order valence-electron chi connectivity index (χ0n) is 14.6. The molecule has 0 spiro atoms. The standard InChI is InChI=1S/C21H24N4/c1-16-12-19(25-11-10-23-15-25)7-6-18(16)13-24-21-14-22-9-8-17-4-2-3-5-20(17)21/h2-7,10-12,15,21-22,24H,8-9,13-14H2,1H3.